The Labute approximate surface area is 338 Å². The number of piperidine rings is 1. The Balaban J connectivity index is 1.78. The summed E-state index contributed by atoms with van der Waals surface area (Å²) in [5, 5.41) is 44.0. The largest absolute Gasteiger partial charge is 0.456 e. The van der Waals surface area contributed by atoms with Gasteiger partial charge in [-0.2, -0.15) is 0 Å². The number of methoxy groups -OCH3 is 2. The van der Waals surface area contributed by atoms with E-state index in [9.17, 15) is 39.6 Å². The summed E-state index contributed by atoms with van der Waals surface area (Å²) in [6.07, 6.45) is 4.95. The monoisotopic (exact) mass is 803 g/mol. The number of fused-ring (bicyclic) bond motifs is 3. The SMILES string of the molecule is C=CC/C1=C\C(C)CC(C)CC(OC)C2OC(O)(C(=O)C(=O)N3CCCCC3C(=O)OC(C(C)=CC3CCC(O)C(CO)C3)C(C)C(O)CC1=O)C(C)CC2OC. The molecule has 322 valence electrons. The maximum Gasteiger partial charge on any atom is 0.329 e. The van der Waals surface area contributed by atoms with Crippen LogP contribution in [0.3, 0.4) is 0 Å². The second kappa shape index (κ2) is 21.0. The number of amides is 1. The van der Waals surface area contributed by atoms with Crippen molar-refractivity contribution in [3.8, 4) is 0 Å². The molecule has 0 aromatic rings. The Hall–Kier alpha value is -2.78. The Bertz CT molecular complexity index is 1480. The summed E-state index contributed by atoms with van der Waals surface area (Å²) in [4.78, 5) is 57.7. The lowest BCUT2D eigenvalue weighted by Crippen LogP contribution is -2.64. The molecule has 0 aromatic carbocycles. The van der Waals surface area contributed by atoms with Gasteiger partial charge in [0.15, 0.2) is 5.78 Å². The second-order valence-electron chi connectivity index (χ2n) is 17.4. The van der Waals surface area contributed by atoms with Crippen LogP contribution in [0.25, 0.3) is 0 Å². The van der Waals surface area contributed by atoms with Gasteiger partial charge in [-0.1, -0.05) is 45.9 Å². The first kappa shape index (κ1) is 46.9. The number of Topliss-reactive ketones (excluding diaryl/α,β-unsaturated/α-hetero) is 2. The molecule has 1 aliphatic carbocycles. The molecule has 3 fully saturated rings. The molecule has 3 aliphatic heterocycles. The fourth-order valence-electron chi connectivity index (χ4n) is 9.53. The molecule has 57 heavy (non-hydrogen) atoms. The highest BCUT2D eigenvalue weighted by Crippen LogP contribution is 2.39. The molecule has 1 amide bonds. The van der Waals surface area contributed by atoms with E-state index in [0.717, 1.165) is 0 Å². The molecule has 13 heteroatoms. The topological polar surface area (TPSA) is 189 Å². The van der Waals surface area contributed by atoms with Gasteiger partial charge in [0.05, 0.1) is 24.4 Å². The summed E-state index contributed by atoms with van der Waals surface area (Å²) in [6, 6.07) is -1.16. The van der Waals surface area contributed by atoms with E-state index < -0.39 is 77.9 Å². The van der Waals surface area contributed by atoms with Crippen LogP contribution in [0.5, 0.6) is 0 Å². The smallest absolute Gasteiger partial charge is 0.329 e. The van der Waals surface area contributed by atoms with Crippen LogP contribution in [0.2, 0.25) is 0 Å². The Kier molecular flexibility index (Phi) is 17.2. The first-order chi connectivity index (χ1) is 27.0. The predicted molar refractivity (Wildman–Crippen MR) is 212 cm³/mol. The lowest BCUT2D eigenvalue weighted by Gasteiger charge is -2.47. The van der Waals surface area contributed by atoms with Gasteiger partial charge in [0, 0.05) is 51.5 Å². The summed E-state index contributed by atoms with van der Waals surface area (Å²) in [7, 11) is 3.05. The van der Waals surface area contributed by atoms with E-state index in [1.54, 1.807) is 26.8 Å². The Morgan fingerprint density at radius 3 is 2.30 bits per heavy atom. The molecule has 3 heterocycles. The van der Waals surface area contributed by atoms with Crippen molar-refractivity contribution in [2.24, 2.45) is 35.5 Å². The number of carbonyl (C=O) groups is 4. The average molecular weight is 804 g/mol. The van der Waals surface area contributed by atoms with Crippen molar-refractivity contribution in [2.75, 3.05) is 27.4 Å². The van der Waals surface area contributed by atoms with Crippen molar-refractivity contribution in [1.82, 2.24) is 4.90 Å². The molecule has 13 nitrogen and oxygen atoms in total. The Morgan fingerprint density at radius 2 is 1.65 bits per heavy atom. The molecule has 4 N–H and O–H groups in total. The van der Waals surface area contributed by atoms with Crippen LogP contribution in [0.4, 0.5) is 0 Å². The number of aliphatic hydroxyl groups excluding tert-OH is 3. The molecule has 14 atom stereocenters. The summed E-state index contributed by atoms with van der Waals surface area (Å²) in [5.74, 6) is -7.75. The van der Waals surface area contributed by atoms with Gasteiger partial charge in [-0.3, -0.25) is 14.4 Å². The molecule has 4 aliphatic rings. The van der Waals surface area contributed by atoms with E-state index in [-0.39, 0.29) is 61.9 Å². The predicted octanol–water partition coefficient (Wildman–Crippen LogP) is 4.23. The van der Waals surface area contributed by atoms with Crippen molar-refractivity contribution >= 4 is 23.4 Å². The van der Waals surface area contributed by atoms with Crippen molar-refractivity contribution in [1.29, 1.82) is 0 Å². The minimum atomic E-state index is -2.52. The normalized spacial score (nSPS) is 41.0. The molecule has 1 saturated carbocycles. The van der Waals surface area contributed by atoms with Gasteiger partial charge < -0.3 is 44.3 Å². The van der Waals surface area contributed by atoms with Gasteiger partial charge in [-0.05, 0) is 100 Å². The zero-order valence-electron chi connectivity index (χ0n) is 35.1. The molecule has 2 saturated heterocycles. The first-order valence-corrected chi connectivity index (χ1v) is 21.0. The fourth-order valence-corrected chi connectivity index (χ4v) is 9.53. The van der Waals surface area contributed by atoms with Crippen molar-refractivity contribution < 1.29 is 58.6 Å². The van der Waals surface area contributed by atoms with E-state index in [4.69, 9.17) is 18.9 Å². The van der Waals surface area contributed by atoms with Gasteiger partial charge in [0.25, 0.3) is 11.7 Å². The number of cyclic esters (lactones) is 1. The molecular weight excluding hydrogens is 734 g/mol. The molecule has 2 bridgehead atoms. The number of rotatable bonds is 7. The minimum absolute atomic E-state index is 0.0276. The van der Waals surface area contributed by atoms with Crippen LogP contribution in [0, 0.1) is 35.5 Å². The number of esters is 1. The molecule has 4 rings (SSSR count). The number of carbonyl (C=O) groups excluding carboxylic acids is 4. The molecular formula is C44H69NO12. The van der Waals surface area contributed by atoms with Crippen LogP contribution < -0.4 is 0 Å². The van der Waals surface area contributed by atoms with E-state index in [1.165, 1.54) is 19.1 Å². The van der Waals surface area contributed by atoms with E-state index in [2.05, 4.69) is 6.58 Å². The standard InChI is InChI=1S/C44H69NO12/c1-9-12-31-18-25(2)17-26(3)19-37(54-7)40-38(55-8)21-28(5)44(53,57-40)41(50)42(51)45-16-11-10-13-33(45)43(52)56-39(29(6)35(48)23-36(31)49)27(4)20-30-14-15-34(47)32(22-30)24-46/h9,18,20,25-26,28-30,32-35,37-40,46-48,53H,1,10-17,19,21-24H2,2-8H3/b27-20?,31-18+. The molecule has 0 spiro atoms. The van der Waals surface area contributed by atoms with E-state index >= 15 is 0 Å². The Morgan fingerprint density at radius 1 is 0.965 bits per heavy atom. The number of nitrogens with zero attached hydrogens (tertiary/aromatic N) is 1. The number of ether oxygens (including phenoxy) is 4. The number of hydrogen-bond acceptors (Lipinski definition) is 12. The number of allylic oxidation sites excluding steroid dienone is 4. The zero-order chi connectivity index (χ0) is 42.2. The highest BCUT2D eigenvalue weighted by molar-refractivity contribution is 6.39. The van der Waals surface area contributed by atoms with Crippen LogP contribution in [0.1, 0.15) is 105 Å². The lowest BCUT2D eigenvalue weighted by molar-refractivity contribution is -0.302. The molecule has 0 radical (unpaired) electrons. The maximum absolute atomic E-state index is 14.3. The van der Waals surface area contributed by atoms with Gasteiger partial charge in [0.1, 0.15) is 18.2 Å². The highest BCUT2D eigenvalue weighted by Gasteiger charge is 2.56. The van der Waals surface area contributed by atoms with Gasteiger partial charge in [-0.25, -0.2) is 4.79 Å². The second-order valence-corrected chi connectivity index (χ2v) is 17.4. The summed E-state index contributed by atoms with van der Waals surface area (Å²) in [5.41, 5.74) is 1.14. The van der Waals surface area contributed by atoms with Crippen molar-refractivity contribution in [3.05, 3.63) is 36.0 Å². The summed E-state index contributed by atoms with van der Waals surface area (Å²) < 4.78 is 24.2. The number of hydrogen-bond donors (Lipinski definition) is 4. The third-order valence-corrected chi connectivity index (χ3v) is 13.0. The van der Waals surface area contributed by atoms with Crippen molar-refractivity contribution in [2.45, 2.75) is 154 Å². The molecule has 14 unspecified atom stereocenters. The third-order valence-electron chi connectivity index (χ3n) is 13.0. The summed E-state index contributed by atoms with van der Waals surface area (Å²) >= 11 is 0. The highest BCUT2D eigenvalue weighted by atomic mass is 16.7. The van der Waals surface area contributed by atoms with Gasteiger partial charge in [-0.15, -0.1) is 6.58 Å². The maximum atomic E-state index is 14.3. The van der Waals surface area contributed by atoms with Crippen molar-refractivity contribution in [3.63, 3.8) is 0 Å². The number of ketones is 2. The summed E-state index contributed by atoms with van der Waals surface area (Å²) in [6.45, 7) is 12.9. The first-order valence-electron chi connectivity index (χ1n) is 21.0. The zero-order valence-corrected chi connectivity index (χ0v) is 35.1. The van der Waals surface area contributed by atoms with Crippen LogP contribution in [0.15, 0.2) is 36.0 Å². The quantitative estimate of drug-likeness (QED) is 0.163. The third kappa shape index (κ3) is 11.3. The van der Waals surface area contributed by atoms with E-state index in [0.29, 0.717) is 62.5 Å². The minimum Gasteiger partial charge on any atom is -0.456 e. The average Bonchev–Trinajstić information content (AvgIpc) is 3.18. The van der Waals surface area contributed by atoms with Crippen LogP contribution >= 0.6 is 0 Å². The fraction of sp³-hybridized carbons (Fsp3) is 0.773. The molecule has 0 aromatic heterocycles. The number of aliphatic hydroxyl groups is 4. The van der Waals surface area contributed by atoms with Gasteiger partial charge >= 0.3 is 5.97 Å². The van der Waals surface area contributed by atoms with Gasteiger partial charge in [0.2, 0.25) is 5.79 Å². The lowest BCUT2D eigenvalue weighted by atomic mass is 9.78. The van der Waals surface area contributed by atoms with Crippen LogP contribution in [-0.2, 0) is 38.1 Å². The van der Waals surface area contributed by atoms with E-state index in [1.807, 2.05) is 26.0 Å². The van der Waals surface area contributed by atoms with Crippen LogP contribution in [-0.4, -0.2) is 125 Å².